The van der Waals surface area contributed by atoms with Gasteiger partial charge >= 0.3 is 0 Å². The summed E-state index contributed by atoms with van der Waals surface area (Å²) in [4.78, 5) is 3.97. The Morgan fingerprint density at radius 3 is 2.71 bits per heavy atom. The number of aromatic nitrogens is 3. The van der Waals surface area contributed by atoms with Gasteiger partial charge < -0.3 is 4.74 Å². The minimum atomic E-state index is 0.125. The van der Waals surface area contributed by atoms with Crippen molar-refractivity contribution in [1.29, 1.82) is 5.41 Å². The Bertz CT molecular complexity index is 519. The fourth-order valence-electron chi connectivity index (χ4n) is 1.61. The molecule has 2 rings (SSSR count). The number of pyridine rings is 1. The third-order valence-corrected chi connectivity index (χ3v) is 2.49. The number of ether oxygens (including phenoxy) is 1. The maximum Gasteiger partial charge on any atom is 0.231 e. The zero-order chi connectivity index (χ0) is 12.3. The molecule has 5 nitrogen and oxygen atoms in total. The van der Waals surface area contributed by atoms with E-state index in [0.717, 1.165) is 11.3 Å². The predicted molar refractivity (Wildman–Crippen MR) is 65.0 cm³/mol. The SMILES string of the molecule is CCn1nc(-c2ccncc2)cc1C(=N)OC. The van der Waals surface area contributed by atoms with E-state index >= 15 is 0 Å². The second-order valence-corrected chi connectivity index (χ2v) is 3.50. The van der Waals surface area contributed by atoms with Crippen molar-refractivity contribution in [2.75, 3.05) is 7.11 Å². The van der Waals surface area contributed by atoms with Crippen LogP contribution in [0.5, 0.6) is 0 Å². The molecule has 1 N–H and O–H groups in total. The molecule has 0 aromatic carbocycles. The van der Waals surface area contributed by atoms with Crippen molar-refractivity contribution in [3.05, 3.63) is 36.3 Å². The molecule has 0 bridgehead atoms. The molecule has 2 aromatic heterocycles. The lowest BCUT2D eigenvalue weighted by molar-refractivity contribution is 0.395. The summed E-state index contributed by atoms with van der Waals surface area (Å²) in [5.74, 6) is 0.125. The molecule has 0 aliphatic carbocycles. The average molecular weight is 230 g/mol. The second kappa shape index (κ2) is 4.78. The van der Waals surface area contributed by atoms with Gasteiger partial charge in [0.15, 0.2) is 0 Å². The summed E-state index contributed by atoms with van der Waals surface area (Å²) in [7, 11) is 1.49. The summed E-state index contributed by atoms with van der Waals surface area (Å²) in [5, 5.41) is 12.1. The van der Waals surface area contributed by atoms with Crippen LogP contribution in [0.1, 0.15) is 12.6 Å². The molecule has 2 heterocycles. The lowest BCUT2D eigenvalue weighted by atomic mass is 10.2. The first kappa shape index (κ1) is 11.3. The summed E-state index contributed by atoms with van der Waals surface area (Å²) in [5.41, 5.74) is 2.49. The molecule has 0 aliphatic heterocycles. The quantitative estimate of drug-likeness (QED) is 0.647. The van der Waals surface area contributed by atoms with Gasteiger partial charge in [-0.3, -0.25) is 15.1 Å². The Labute approximate surface area is 99.6 Å². The first-order chi connectivity index (χ1) is 8.26. The van der Waals surface area contributed by atoms with Crippen molar-refractivity contribution in [3.8, 4) is 11.3 Å². The van der Waals surface area contributed by atoms with Crippen LogP contribution < -0.4 is 0 Å². The van der Waals surface area contributed by atoms with Crippen LogP contribution in [0, 0.1) is 5.41 Å². The van der Waals surface area contributed by atoms with Crippen LogP contribution in [0.3, 0.4) is 0 Å². The molecule has 0 unspecified atom stereocenters. The van der Waals surface area contributed by atoms with Crippen LogP contribution in [0.15, 0.2) is 30.6 Å². The van der Waals surface area contributed by atoms with Gasteiger partial charge in [0.2, 0.25) is 5.90 Å². The normalized spacial score (nSPS) is 10.2. The number of nitrogens with one attached hydrogen (secondary N) is 1. The highest BCUT2D eigenvalue weighted by atomic mass is 16.5. The van der Waals surface area contributed by atoms with E-state index in [4.69, 9.17) is 10.1 Å². The fourth-order valence-corrected chi connectivity index (χ4v) is 1.61. The third-order valence-electron chi connectivity index (χ3n) is 2.49. The Morgan fingerprint density at radius 2 is 2.12 bits per heavy atom. The molecular weight excluding hydrogens is 216 g/mol. The lowest BCUT2D eigenvalue weighted by Gasteiger charge is -2.03. The van der Waals surface area contributed by atoms with E-state index in [0.29, 0.717) is 12.2 Å². The number of hydrogen-bond donors (Lipinski definition) is 1. The van der Waals surface area contributed by atoms with E-state index in [2.05, 4.69) is 10.1 Å². The highest BCUT2D eigenvalue weighted by Crippen LogP contribution is 2.18. The summed E-state index contributed by atoms with van der Waals surface area (Å²) < 4.78 is 6.69. The first-order valence-electron chi connectivity index (χ1n) is 5.37. The van der Waals surface area contributed by atoms with Gasteiger partial charge in [0.25, 0.3) is 0 Å². The van der Waals surface area contributed by atoms with Gasteiger partial charge in [0.05, 0.1) is 12.8 Å². The molecule has 2 aromatic rings. The predicted octanol–water partition coefficient (Wildman–Crippen LogP) is 1.94. The van der Waals surface area contributed by atoms with Crippen molar-refractivity contribution in [2.24, 2.45) is 0 Å². The van der Waals surface area contributed by atoms with Gasteiger partial charge in [0.1, 0.15) is 5.69 Å². The molecule has 0 aliphatic rings. The summed E-state index contributed by atoms with van der Waals surface area (Å²) >= 11 is 0. The maximum atomic E-state index is 7.70. The summed E-state index contributed by atoms with van der Waals surface area (Å²) in [6.07, 6.45) is 3.45. The van der Waals surface area contributed by atoms with E-state index in [1.165, 1.54) is 7.11 Å². The number of nitrogens with zero attached hydrogens (tertiary/aromatic N) is 3. The van der Waals surface area contributed by atoms with Crippen LogP contribution in [-0.4, -0.2) is 27.8 Å². The first-order valence-corrected chi connectivity index (χ1v) is 5.37. The van der Waals surface area contributed by atoms with Crippen LogP contribution in [0.4, 0.5) is 0 Å². The summed E-state index contributed by atoms with van der Waals surface area (Å²) in [6, 6.07) is 5.63. The van der Waals surface area contributed by atoms with Crippen molar-refractivity contribution in [2.45, 2.75) is 13.5 Å². The largest absolute Gasteiger partial charge is 0.480 e. The topological polar surface area (TPSA) is 63.8 Å². The van der Waals surface area contributed by atoms with Crippen LogP contribution in [-0.2, 0) is 11.3 Å². The molecule has 0 atom stereocenters. The van der Waals surface area contributed by atoms with Crippen molar-refractivity contribution in [1.82, 2.24) is 14.8 Å². The van der Waals surface area contributed by atoms with Gasteiger partial charge in [-0.25, -0.2) is 0 Å². The standard InChI is InChI=1S/C12H14N4O/c1-3-16-11(12(13)17-2)8-10(15-16)9-4-6-14-7-5-9/h4-8,13H,3H2,1-2H3. The molecular formula is C12H14N4O. The van der Waals surface area contributed by atoms with Gasteiger partial charge in [-0.05, 0) is 25.1 Å². The Morgan fingerprint density at radius 1 is 1.41 bits per heavy atom. The number of hydrogen-bond acceptors (Lipinski definition) is 4. The van der Waals surface area contributed by atoms with Crippen molar-refractivity contribution >= 4 is 5.90 Å². The van der Waals surface area contributed by atoms with Crippen LogP contribution >= 0.6 is 0 Å². The highest BCUT2D eigenvalue weighted by molar-refractivity contribution is 5.91. The maximum absolute atomic E-state index is 7.70. The minimum Gasteiger partial charge on any atom is -0.480 e. The smallest absolute Gasteiger partial charge is 0.231 e. The fraction of sp³-hybridized carbons (Fsp3) is 0.250. The third kappa shape index (κ3) is 2.18. The van der Waals surface area contributed by atoms with Gasteiger partial charge in [-0.15, -0.1) is 0 Å². The zero-order valence-corrected chi connectivity index (χ0v) is 9.84. The molecule has 0 spiro atoms. The van der Waals surface area contributed by atoms with Crippen molar-refractivity contribution in [3.63, 3.8) is 0 Å². The lowest BCUT2D eigenvalue weighted by Crippen LogP contribution is -2.10. The van der Waals surface area contributed by atoms with Gasteiger partial charge in [0, 0.05) is 24.5 Å². The molecule has 0 radical (unpaired) electrons. The molecule has 5 heteroatoms. The number of aryl methyl sites for hydroxylation is 1. The number of methoxy groups -OCH3 is 1. The molecule has 0 saturated heterocycles. The Hall–Kier alpha value is -2.17. The highest BCUT2D eigenvalue weighted by Gasteiger charge is 2.12. The molecule has 0 amide bonds. The second-order valence-electron chi connectivity index (χ2n) is 3.50. The summed E-state index contributed by atoms with van der Waals surface area (Å²) in [6.45, 7) is 2.68. The minimum absolute atomic E-state index is 0.125. The van der Waals surface area contributed by atoms with Gasteiger partial charge in [-0.2, -0.15) is 5.10 Å². The van der Waals surface area contributed by atoms with Crippen LogP contribution in [0.25, 0.3) is 11.3 Å². The van der Waals surface area contributed by atoms with E-state index in [9.17, 15) is 0 Å². The van der Waals surface area contributed by atoms with E-state index in [-0.39, 0.29) is 5.90 Å². The zero-order valence-electron chi connectivity index (χ0n) is 9.84. The molecule has 17 heavy (non-hydrogen) atoms. The Kier molecular flexibility index (Phi) is 3.18. The average Bonchev–Trinajstić information content (AvgIpc) is 2.83. The van der Waals surface area contributed by atoms with Crippen molar-refractivity contribution < 1.29 is 4.74 Å². The molecule has 88 valence electrons. The van der Waals surface area contributed by atoms with Crippen LogP contribution in [0.2, 0.25) is 0 Å². The van der Waals surface area contributed by atoms with Gasteiger partial charge in [-0.1, -0.05) is 0 Å². The monoisotopic (exact) mass is 230 g/mol. The Balaban J connectivity index is 2.45. The van der Waals surface area contributed by atoms with E-state index < -0.39 is 0 Å². The number of rotatable bonds is 3. The molecule has 0 fully saturated rings. The van der Waals surface area contributed by atoms with E-state index in [1.807, 2.05) is 25.1 Å². The molecule has 0 saturated carbocycles. The van der Waals surface area contributed by atoms with E-state index in [1.54, 1.807) is 17.1 Å².